The Labute approximate surface area is 218 Å². The van der Waals surface area contributed by atoms with E-state index in [1.807, 2.05) is 18.2 Å². The smallest absolute Gasteiger partial charge is 0.350 e. The van der Waals surface area contributed by atoms with Crippen LogP contribution in [0.2, 0.25) is 0 Å². The minimum atomic E-state index is -0.228. The van der Waals surface area contributed by atoms with Crippen LogP contribution < -0.4 is 0 Å². The lowest BCUT2D eigenvalue weighted by molar-refractivity contribution is 0.320. The third kappa shape index (κ3) is 3.09. The van der Waals surface area contributed by atoms with E-state index in [9.17, 15) is 15.8 Å². The molecule has 0 amide bonds. The van der Waals surface area contributed by atoms with Crippen molar-refractivity contribution in [3.8, 4) is 28.0 Å². The van der Waals surface area contributed by atoms with Gasteiger partial charge in [-0.1, -0.05) is 61.4 Å². The molecule has 0 bridgehead atoms. The van der Waals surface area contributed by atoms with E-state index in [-0.39, 0.29) is 22.4 Å². The van der Waals surface area contributed by atoms with Crippen LogP contribution in [0.5, 0.6) is 0 Å². The molecule has 0 unspecified atom stereocenters. The fourth-order valence-corrected chi connectivity index (χ4v) is 9.69. The van der Waals surface area contributed by atoms with Gasteiger partial charge in [0.2, 0.25) is 10.7 Å². The van der Waals surface area contributed by atoms with Gasteiger partial charge in [-0.2, -0.15) is 10.5 Å². The van der Waals surface area contributed by atoms with E-state index in [0.29, 0.717) is 0 Å². The number of aliphatic imine (C=N–C) groups is 2. The number of thiophene rings is 2. The molecule has 8 heteroatoms. The largest absolute Gasteiger partial charge is 0.351 e. The highest BCUT2D eigenvalue weighted by Crippen LogP contribution is 2.67. The van der Waals surface area contributed by atoms with Crippen LogP contribution in [0.15, 0.2) is 21.7 Å². The van der Waals surface area contributed by atoms with Gasteiger partial charge in [-0.3, -0.25) is 0 Å². The molecule has 2 spiro atoms. The summed E-state index contributed by atoms with van der Waals surface area (Å²) in [5.41, 5.74) is 4.71. The number of hydrogen-bond acceptors (Lipinski definition) is 7. The van der Waals surface area contributed by atoms with Gasteiger partial charge in [0.1, 0.15) is 18.2 Å². The highest BCUT2D eigenvalue weighted by atomic mass is 32.1. The van der Waals surface area contributed by atoms with E-state index < -0.39 is 0 Å². The van der Waals surface area contributed by atoms with E-state index in [4.69, 9.17) is 6.57 Å². The van der Waals surface area contributed by atoms with Crippen molar-refractivity contribution in [1.82, 2.24) is 0 Å². The van der Waals surface area contributed by atoms with E-state index >= 15 is 0 Å². The molecular weight excluding hydrogens is 484 g/mol. The maximum atomic E-state index is 9.43. The van der Waals surface area contributed by atoms with Crippen LogP contribution in [-0.4, -0.2) is 11.5 Å². The highest BCUT2D eigenvalue weighted by Gasteiger charge is 2.55. The molecule has 4 aliphatic rings. The number of rotatable bonds is 2. The first kappa shape index (κ1) is 22.9. The molecule has 0 radical (unpaired) electrons. The van der Waals surface area contributed by atoms with Gasteiger partial charge in [0, 0.05) is 26.7 Å². The summed E-state index contributed by atoms with van der Waals surface area (Å²) in [4.78, 5) is 16.0. The van der Waals surface area contributed by atoms with Gasteiger partial charge in [-0.15, -0.1) is 11.3 Å². The number of allylic oxidation sites excluding steroid dienone is 1. The third-order valence-electron chi connectivity index (χ3n) is 8.37. The van der Waals surface area contributed by atoms with Crippen molar-refractivity contribution < 1.29 is 0 Å². The lowest BCUT2D eigenvalue weighted by Crippen LogP contribution is -2.35. The molecule has 4 aliphatic carbocycles. The summed E-state index contributed by atoms with van der Waals surface area (Å²) in [6.07, 6.45) is 13.3. The van der Waals surface area contributed by atoms with Gasteiger partial charge < -0.3 is 4.85 Å². The Morgan fingerprint density at radius 3 is 2.11 bits per heavy atom. The van der Waals surface area contributed by atoms with Crippen LogP contribution in [0.1, 0.15) is 85.8 Å². The summed E-state index contributed by atoms with van der Waals surface area (Å²) in [6.45, 7) is 7.23. The minimum absolute atomic E-state index is 0.0694. The van der Waals surface area contributed by atoms with Gasteiger partial charge in [-0.25, -0.2) is 10.3 Å². The Morgan fingerprint density at radius 2 is 1.50 bits per heavy atom. The summed E-state index contributed by atoms with van der Waals surface area (Å²) >= 11 is 3.40. The molecule has 176 valence electrons. The summed E-state index contributed by atoms with van der Waals surface area (Å²) < 4.78 is 0. The number of nitrogens with zero attached hydrogens (tertiary/aromatic N) is 6. The predicted octanol–water partition coefficient (Wildman–Crippen LogP) is 7.56. The fourth-order valence-electron chi connectivity index (χ4n) is 6.97. The van der Waals surface area contributed by atoms with E-state index in [1.165, 1.54) is 57.0 Å². The monoisotopic (exact) mass is 506 g/mol. The normalized spacial score (nSPS) is 20.3. The highest BCUT2D eigenvalue weighted by molar-refractivity contribution is 7.25. The standard InChI is InChI=1S/C28H22N6S2/c1-32-21(16-31)34-22-12-18-25(36-22)26-24(27(18)8-4-2-5-9-27)23-19(35-26)13-20(33-17(14-29)15-30)28(23)10-6-3-7-11-28/h12-13H,2-11H2. The average molecular weight is 507 g/mol. The molecule has 0 saturated heterocycles. The minimum Gasteiger partial charge on any atom is -0.351 e. The number of amidine groups is 1. The quantitative estimate of drug-likeness (QED) is 0.239. The summed E-state index contributed by atoms with van der Waals surface area (Å²) in [5, 5.41) is 28.8. The number of nitriles is 3. The molecule has 2 saturated carbocycles. The molecular formula is C28H22N6S2. The number of hydrogen-bond donors (Lipinski definition) is 0. The zero-order valence-corrected chi connectivity index (χ0v) is 21.4. The number of fused-ring (bicyclic) bond motifs is 8. The van der Waals surface area contributed by atoms with Gasteiger partial charge in [0.25, 0.3) is 0 Å². The molecule has 2 aromatic rings. The topological polar surface area (TPSA) is 100 Å². The average Bonchev–Trinajstić information content (AvgIpc) is 3.63. The van der Waals surface area contributed by atoms with Crippen molar-refractivity contribution in [3.63, 3.8) is 0 Å². The van der Waals surface area contributed by atoms with E-state index in [2.05, 4.69) is 27.0 Å². The van der Waals surface area contributed by atoms with Crippen LogP contribution in [0.4, 0.5) is 5.00 Å². The van der Waals surface area contributed by atoms with Crippen LogP contribution >= 0.6 is 22.7 Å². The summed E-state index contributed by atoms with van der Waals surface area (Å²) in [7, 11) is 0. The van der Waals surface area contributed by atoms with Gasteiger partial charge in [-0.05, 0) is 48.4 Å². The second-order valence-electron chi connectivity index (χ2n) is 10.0. The Kier molecular flexibility index (Phi) is 5.42. The molecule has 36 heavy (non-hydrogen) atoms. The first-order valence-corrected chi connectivity index (χ1v) is 14.0. The Bertz CT molecular complexity index is 1510. The van der Waals surface area contributed by atoms with Crippen molar-refractivity contribution in [1.29, 1.82) is 15.8 Å². The maximum absolute atomic E-state index is 9.43. The second-order valence-corrected chi connectivity index (χ2v) is 12.1. The van der Waals surface area contributed by atoms with Crippen molar-refractivity contribution in [2.24, 2.45) is 9.98 Å². The first-order chi connectivity index (χ1) is 17.6. The first-order valence-electron chi connectivity index (χ1n) is 12.4. The molecule has 2 fully saturated rings. The van der Waals surface area contributed by atoms with Crippen molar-refractivity contribution >= 4 is 45.3 Å². The summed E-state index contributed by atoms with van der Waals surface area (Å²) in [5.74, 6) is -0.126. The zero-order chi connectivity index (χ0) is 24.9. The van der Waals surface area contributed by atoms with E-state index in [1.54, 1.807) is 22.7 Å². The van der Waals surface area contributed by atoms with Crippen LogP contribution in [0, 0.1) is 40.6 Å². The van der Waals surface area contributed by atoms with Gasteiger partial charge in [0.15, 0.2) is 0 Å². The molecule has 2 heterocycles. The molecule has 0 aromatic carbocycles. The molecule has 0 atom stereocenters. The molecule has 0 N–H and O–H groups in total. The van der Waals surface area contributed by atoms with Gasteiger partial charge in [0.05, 0.1) is 10.6 Å². The van der Waals surface area contributed by atoms with E-state index in [0.717, 1.165) is 49.2 Å². The third-order valence-corrected chi connectivity index (χ3v) is 10.7. The van der Waals surface area contributed by atoms with Gasteiger partial charge >= 0.3 is 5.84 Å². The Balaban J connectivity index is 1.59. The van der Waals surface area contributed by atoms with Crippen molar-refractivity contribution in [2.45, 2.75) is 75.0 Å². The lowest BCUT2D eigenvalue weighted by Gasteiger charge is -2.41. The summed E-state index contributed by atoms with van der Waals surface area (Å²) in [6, 6.07) is 7.96. The maximum Gasteiger partial charge on any atom is 0.350 e. The Hall–Kier alpha value is -3.56. The molecule has 2 aromatic heterocycles. The lowest BCUT2D eigenvalue weighted by atomic mass is 9.62. The van der Waals surface area contributed by atoms with Crippen molar-refractivity contribution in [2.75, 3.05) is 0 Å². The zero-order valence-electron chi connectivity index (χ0n) is 19.7. The van der Waals surface area contributed by atoms with Crippen LogP contribution in [0.3, 0.4) is 0 Å². The van der Waals surface area contributed by atoms with Crippen molar-refractivity contribution in [3.05, 3.63) is 44.7 Å². The fraction of sp³-hybridized carbons (Fsp3) is 0.429. The van der Waals surface area contributed by atoms with Crippen LogP contribution in [-0.2, 0) is 10.8 Å². The molecule has 6 rings (SSSR count). The second kappa shape index (κ2) is 8.53. The molecule has 6 nitrogen and oxygen atoms in total. The predicted molar refractivity (Wildman–Crippen MR) is 142 cm³/mol. The SMILES string of the molecule is [C-]#[N+]C(C#N)=Nc1cc2c(s1)-c1sc3c(c1C21CCCCC1)C1(CCCCC1)C(N=C(C#N)C#N)=C3. The molecule has 0 aliphatic heterocycles. The Morgan fingerprint density at radius 1 is 0.833 bits per heavy atom. The van der Waals surface area contributed by atoms with Crippen LogP contribution in [0.25, 0.3) is 20.7 Å².